The van der Waals surface area contributed by atoms with Gasteiger partial charge in [-0.05, 0) is 32.0 Å². The van der Waals surface area contributed by atoms with Gasteiger partial charge >= 0.3 is 5.97 Å². The number of carbonyl (C=O) groups is 1. The number of fused-ring (bicyclic) bond motifs is 1. The Morgan fingerprint density at radius 2 is 2.38 bits per heavy atom. The number of pyridine rings is 1. The van der Waals surface area contributed by atoms with Crippen LogP contribution in [0.25, 0.3) is 0 Å². The van der Waals surface area contributed by atoms with Crippen LogP contribution in [0.2, 0.25) is 5.02 Å². The first-order valence-corrected chi connectivity index (χ1v) is 5.48. The zero-order chi connectivity index (χ0) is 11.9. The van der Waals surface area contributed by atoms with E-state index in [1.165, 1.54) is 6.07 Å². The maximum atomic E-state index is 10.9. The van der Waals surface area contributed by atoms with Crippen molar-refractivity contribution < 1.29 is 9.90 Å². The Labute approximate surface area is 98.9 Å². The second-order valence-electron chi connectivity index (χ2n) is 4.19. The molecule has 0 aromatic carbocycles. The van der Waals surface area contributed by atoms with E-state index in [1.807, 2.05) is 7.05 Å². The molecule has 2 rings (SSSR count). The van der Waals surface area contributed by atoms with Crippen LogP contribution in [0.15, 0.2) is 6.07 Å². The SMILES string of the molecule is C[C@@H]1Cc2c(Cl)cc(C(=O)O)nc2CN1C. The van der Waals surface area contributed by atoms with Gasteiger partial charge in [0, 0.05) is 17.6 Å². The van der Waals surface area contributed by atoms with E-state index in [4.69, 9.17) is 16.7 Å². The molecule has 0 spiro atoms. The Kier molecular flexibility index (Phi) is 2.86. The molecule has 0 amide bonds. The van der Waals surface area contributed by atoms with Gasteiger partial charge < -0.3 is 5.11 Å². The highest BCUT2D eigenvalue weighted by Gasteiger charge is 2.24. The maximum absolute atomic E-state index is 10.9. The van der Waals surface area contributed by atoms with Crippen molar-refractivity contribution >= 4 is 17.6 Å². The number of halogens is 1. The number of nitrogens with zero attached hydrogens (tertiary/aromatic N) is 2. The van der Waals surface area contributed by atoms with Crippen molar-refractivity contribution in [2.24, 2.45) is 0 Å². The number of aromatic carboxylic acids is 1. The molecule has 1 aliphatic heterocycles. The van der Waals surface area contributed by atoms with Gasteiger partial charge in [-0.1, -0.05) is 11.6 Å². The largest absolute Gasteiger partial charge is 0.477 e. The molecule has 1 aromatic heterocycles. The van der Waals surface area contributed by atoms with Crippen LogP contribution < -0.4 is 0 Å². The molecule has 0 aliphatic carbocycles. The van der Waals surface area contributed by atoms with Crippen LogP contribution >= 0.6 is 11.6 Å². The summed E-state index contributed by atoms with van der Waals surface area (Å²) < 4.78 is 0. The molecule has 0 unspecified atom stereocenters. The summed E-state index contributed by atoms with van der Waals surface area (Å²) >= 11 is 6.08. The minimum Gasteiger partial charge on any atom is -0.477 e. The lowest BCUT2D eigenvalue weighted by Gasteiger charge is -2.31. The van der Waals surface area contributed by atoms with Crippen molar-refractivity contribution in [3.05, 3.63) is 28.0 Å². The van der Waals surface area contributed by atoms with Crippen LogP contribution in [-0.2, 0) is 13.0 Å². The van der Waals surface area contributed by atoms with Crippen molar-refractivity contribution in [2.75, 3.05) is 7.05 Å². The average Bonchev–Trinajstić information content (AvgIpc) is 2.20. The fourth-order valence-electron chi connectivity index (χ4n) is 1.89. The van der Waals surface area contributed by atoms with Crippen molar-refractivity contribution in [1.29, 1.82) is 0 Å². The van der Waals surface area contributed by atoms with E-state index in [0.717, 1.165) is 17.7 Å². The molecule has 0 radical (unpaired) electrons. The van der Waals surface area contributed by atoms with Crippen LogP contribution in [0.3, 0.4) is 0 Å². The topological polar surface area (TPSA) is 53.4 Å². The number of likely N-dealkylation sites (N-methyl/N-ethyl adjacent to an activating group) is 1. The predicted octanol–water partition coefficient (Wildman–Crippen LogP) is 1.81. The van der Waals surface area contributed by atoms with E-state index in [2.05, 4.69) is 16.8 Å². The van der Waals surface area contributed by atoms with Gasteiger partial charge in [-0.25, -0.2) is 9.78 Å². The first-order chi connectivity index (χ1) is 7.49. The zero-order valence-electron chi connectivity index (χ0n) is 9.20. The zero-order valence-corrected chi connectivity index (χ0v) is 9.95. The molecule has 0 bridgehead atoms. The number of aromatic nitrogens is 1. The summed E-state index contributed by atoms with van der Waals surface area (Å²) in [6.07, 6.45) is 0.817. The summed E-state index contributed by atoms with van der Waals surface area (Å²) in [6.45, 7) is 2.77. The van der Waals surface area contributed by atoms with Gasteiger partial charge in [0.05, 0.1) is 5.69 Å². The molecule has 1 atom stereocenters. The van der Waals surface area contributed by atoms with Crippen molar-refractivity contribution in [2.45, 2.75) is 25.9 Å². The number of rotatable bonds is 1. The molecular weight excluding hydrogens is 228 g/mol. The second-order valence-corrected chi connectivity index (χ2v) is 4.60. The molecule has 0 saturated carbocycles. The molecule has 2 heterocycles. The summed E-state index contributed by atoms with van der Waals surface area (Å²) in [7, 11) is 2.00. The lowest BCUT2D eigenvalue weighted by Crippen LogP contribution is -2.36. The number of hydrogen-bond acceptors (Lipinski definition) is 3. The molecule has 0 saturated heterocycles. The molecule has 86 valence electrons. The van der Waals surface area contributed by atoms with Crippen molar-refractivity contribution in [1.82, 2.24) is 9.88 Å². The van der Waals surface area contributed by atoms with E-state index in [1.54, 1.807) is 0 Å². The summed E-state index contributed by atoms with van der Waals surface area (Å²) in [5, 5.41) is 9.41. The van der Waals surface area contributed by atoms with E-state index >= 15 is 0 Å². The Balaban J connectivity index is 2.48. The average molecular weight is 241 g/mol. The number of hydrogen-bond donors (Lipinski definition) is 1. The third-order valence-electron chi connectivity index (χ3n) is 3.03. The second kappa shape index (κ2) is 4.03. The van der Waals surface area contributed by atoms with Gasteiger partial charge in [0.15, 0.2) is 0 Å². The summed E-state index contributed by atoms with van der Waals surface area (Å²) in [4.78, 5) is 17.1. The van der Waals surface area contributed by atoms with Gasteiger partial charge in [-0.2, -0.15) is 0 Å². The van der Waals surface area contributed by atoms with Gasteiger partial charge in [0.2, 0.25) is 0 Å². The number of carboxylic acid groups (broad SMARTS) is 1. The van der Waals surface area contributed by atoms with Crippen LogP contribution in [0, 0.1) is 0 Å². The molecule has 0 fully saturated rings. The lowest BCUT2D eigenvalue weighted by atomic mass is 9.99. The van der Waals surface area contributed by atoms with Crippen molar-refractivity contribution in [3.8, 4) is 0 Å². The van der Waals surface area contributed by atoms with Gasteiger partial charge in [-0.15, -0.1) is 0 Å². The highest BCUT2D eigenvalue weighted by atomic mass is 35.5. The Bertz CT molecular complexity index is 448. The van der Waals surface area contributed by atoms with E-state index in [9.17, 15) is 4.79 Å². The monoisotopic (exact) mass is 240 g/mol. The Morgan fingerprint density at radius 1 is 1.69 bits per heavy atom. The standard InChI is InChI=1S/C11H13ClN2O2/c1-6-3-7-8(12)4-9(11(15)16)13-10(7)5-14(6)2/h4,6H,3,5H2,1-2H3,(H,15,16)/t6-/m1/s1. The van der Waals surface area contributed by atoms with E-state index in [-0.39, 0.29) is 5.69 Å². The molecule has 5 heteroatoms. The summed E-state index contributed by atoms with van der Waals surface area (Å²) in [5.74, 6) is -1.04. The highest BCUT2D eigenvalue weighted by molar-refractivity contribution is 6.31. The maximum Gasteiger partial charge on any atom is 0.354 e. The Hall–Kier alpha value is -1.13. The third-order valence-corrected chi connectivity index (χ3v) is 3.36. The molecule has 1 aliphatic rings. The van der Waals surface area contributed by atoms with Crippen LogP contribution in [0.4, 0.5) is 0 Å². The molecule has 1 aromatic rings. The predicted molar refractivity (Wildman–Crippen MR) is 60.8 cm³/mol. The van der Waals surface area contributed by atoms with Crippen LogP contribution in [0.1, 0.15) is 28.7 Å². The molecule has 16 heavy (non-hydrogen) atoms. The lowest BCUT2D eigenvalue weighted by molar-refractivity contribution is 0.0689. The van der Waals surface area contributed by atoms with Crippen molar-refractivity contribution in [3.63, 3.8) is 0 Å². The smallest absolute Gasteiger partial charge is 0.354 e. The minimum atomic E-state index is -1.04. The summed E-state index contributed by atoms with van der Waals surface area (Å²) in [6, 6.07) is 1.84. The first kappa shape index (κ1) is 11.4. The molecular formula is C11H13ClN2O2. The first-order valence-electron chi connectivity index (χ1n) is 5.11. The molecule has 1 N–H and O–H groups in total. The normalized spacial score (nSPS) is 20.6. The van der Waals surface area contributed by atoms with Crippen LogP contribution in [-0.4, -0.2) is 34.0 Å². The number of carboxylic acids is 1. The third kappa shape index (κ3) is 1.90. The Morgan fingerprint density at radius 3 is 3.00 bits per heavy atom. The van der Waals surface area contributed by atoms with Gasteiger partial charge in [0.25, 0.3) is 0 Å². The van der Waals surface area contributed by atoms with E-state index < -0.39 is 5.97 Å². The van der Waals surface area contributed by atoms with Crippen LogP contribution in [0.5, 0.6) is 0 Å². The highest BCUT2D eigenvalue weighted by Crippen LogP contribution is 2.27. The quantitative estimate of drug-likeness (QED) is 0.814. The fraction of sp³-hybridized carbons (Fsp3) is 0.455. The summed E-state index contributed by atoms with van der Waals surface area (Å²) in [5.41, 5.74) is 1.79. The minimum absolute atomic E-state index is 0.0201. The fourth-order valence-corrected chi connectivity index (χ4v) is 2.18. The van der Waals surface area contributed by atoms with E-state index in [0.29, 0.717) is 17.6 Å². The van der Waals surface area contributed by atoms with Gasteiger partial charge in [0.1, 0.15) is 5.69 Å². The van der Waals surface area contributed by atoms with Gasteiger partial charge in [-0.3, -0.25) is 4.90 Å². The molecule has 4 nitrogen and oxygen atoms in total.